The number of likely N-dealkylation sites (N-methyl/N-ethyl adjacent to an activating group) is 2. The molecular weight excluding hydrogens is 262 g/mol. The van der Waals surface area contributed by atoms with Crippen molar-refractivity contribution in [3.63, 3.8) is 0 Å². The Hall–Kier alpha value is -1.04. The Morgan fingerprint density at radius 2 is 2.15 bits per heavy atom. The zero-order valence-corrected chi connectivity index (χ0v) is 12.2. The summed E-state index contributed by atoms with van der Waals surface area (Å²) in [5, 5.41) is 3.22. The van der Waals surface area contributed by atoms with Crippen LogP contribution in [-0.2, 0) is 4.74 Å². The first-order valence-corrected chi connectivity index (χ1v) is 7.02. The molecule has 1 fully saturated rings. The van der Waals surface area contributed by atoms with Gasteiger partial charge in [0, 0.05) is 18.7 Å². The highest BCUT2D eigenvalue weighted by Gasteiger charge is 2.30. The first kappa shape index (κ1) is 15.4. The van der Waals surface area contributed by atoms with Crippen LogP contribution in [0.15, 0.2) is 12.1 Å². The van der Waals surface area contributed by atoms with Gasteiger partial charge in [0.2, 0.25) is 0 Å². The average Bonchev–Trinajstić information content (AvgIpc) is 2.43. The molecular formula is C15H22F2N2O. The summed E-state index contributed by atoms with van der Waals surface area (Å²) in [6.45, 7) is 6.35. The van der Waals surface area contributed by atoms with E-state index in [0.717, 1.165) is 6.54 Å². The molecule has 1 heterocycles. The third kappa shape index (κ3) is 3.16. The first-order chi connectivity index (χ1) is 9.54. The smallest absolute Gasteiger partial charge is 0.163 e. The molecule has 1 aromatic carbocycles. The maximum absolute atomic E-state index is 14.2. The van der Waals surface area contributed by atoms with E-state index in [9.17, 15) is 8.78 Å². The molecule has 2 atom stereocenters. The summed E-state index contributed by atoms with van der Waals surface area (Å²) in [6.07, 6.45) is -0.176. The number of rotatable bonds is 4. The predicted octanol–water partition coefficient (Wildman–Crippen LogP) is 2.25. The van der Waals surface area contributed by atoms with E-state index in [2.05, 4.69) is 10.2 Å². The second-order valence-electron chi connectivity index (χ2n) is 5.31. The Balaban J connectivity index is 2.30. The summed E-state index contributed by atoms with van der Waals surface area (Å²) < 4.78 is 33.7. The summed E-state index contributed by atoms with van der Waals surface area (Å²) >= 11 is 0. The van der Waals surface area contributed by atoms with Gasteiger partial charge in [-0.2, -0.15) is 0 Å². The number of hydrogen-bond acceptors (Lipinski definition) is 3. The van der Waals surface area contributed by atoms with Crippen molar-refractivity contribution < 1.29 is 13.5 Å². The molecule has 1 saturated heterocycles. The van der Waals surface area contributed by atoms with Crippen LogP contribution in [0.25, 0.3) is 0 Å². The molecule has 20 heavy (non-hydrogen) atoms. The molecule has 1 N–H and O–H groups in total. The Labute approximate surface area is 118 Å². The molecule has 5 heteroatoms. The Morgan fingerprint density at radius 1 is 1.40 bits per heavy atom. The topological polar surface area (TPSA) is 24.5 Å². The van der Waals surface area contributed by atoms with E-state index < -0.39 is 11.6 Å². The van der Waals surface area contributed by atoms with Gasteiger partial charge >= 0.3 is 0 Å². The standard InChI is InChI=1S/C15H22F2N2O/c1-4-18-15(12-9-19(3)7-8-20-12)11-6-5-10(2)13(16)14(11)17/h5-6,12,15,18H,4,7-9H2,1-3H3. The lowest BCUT2D eigenvalue weighted by atomic mass is 9.97. The van der Waals surface area contributed by atoms with Gasteiger partial charge in [-0.05, 0) is 26.1 Å². The SMILES string of the molecule is CCNC(c1ccc(C)c(F)c1F)C1CN(C)CCO1. The number of hydrogen-bond donors (Lipinski definition) is 1. The van der Waals surface area contributed by atoms with Crippen molar-refractivity contribution in [3.8, 4) is 0 Å². The predicted molar refractivity (Wildman–Crippen MR) is 74.7 cm³/mol. The van der Waals surface area contributed by atoms with Gasteiger partial charge in [-0.15, -0.1) is 0 Å². The molecule has 112 valence electrons. The third-order valence-corrected chi connectivity index (χ3v) is 3.73. The van der Waals surface area contributed by atoms with Crippen molar-refractivity contribution in [1.29, 1.82) is 0 Å². The number of nitrogens with zero attached hydrogens (tertiary/aromatic N) is 1. The van der Waals surface area contributed by atoms with Crippen molar-refractivity contribution in [2.45, 2.75) is 26.0 Å². The summed E-state index contributed by atoms with van der Waals surface area (Å²) in [4.78, 5) is 2.14. The van der Waals surface area contributed by atoms with Crippen molar-refractivity contribution in [2.75, 3.05) is 33.3 Å². The Bertz CT molecular complexity index is 467. The maximum atomic E-state index is 14.2. The van der Waals surface area contributed by atoms with Gasteiger partial charge in [-0.3, -0.25) is 0 Å². The van der Waals surface area contributed by atoms with Crippen molar-refractivity contribution in [2.24, 2.45) is 0 Å². The molecule has 0 aliphatic carbocycles. The molecule has 3 nitrogen and oxygen atoms in total. The van der Waals surface area contributed by atoms with Crippen molar-refractivity contribution in [1.82, 2.24) is 10.2 Å². The molecule has 0 amide bonds. The summed E-state index contributed by atoms with van der Waals surface area (Å²) in [5.74, 6) is -1.54. The van der Waals surface area contributed by atoms with Crippen LogP contribution in [0.2, 0.25) is 0 Å². The van der Waals surface area contributed by atoms with Crippen molar-refractivity contribution in [3.05, 3.63) is 34.9 Å². The monoisotopic (exact) mass is 284 g/mol. The maximum Gasteiger partial charge on any atom is 0.163 e. The van der Waals surface area contributed by atoms with Crippen LogP contribution < -0.4 is 5.32 Å². The lowest BCUT2D eigenvalue weighted by Crippen LogP contribution is -2.47. The quantitative estimate of drug-likeness (QED) is 0.918. The van der Waals surface area contributed by atoms with E-state index in [1.807, 2.05) is 14.0 Å². The summed E-state index contributed by atoms with van der Waals surface area (Å²) in [7, 11) is 2.00. The number of aryl methyl sites for hydroxylation is 1. The summed E-state index contributed by atoms with van der Waals surface area (Å²) in [5.41, 5.74) is 0.665. The second-order valence-corrected chi connectivity index (χ2v) is 5.31. The van der Waals surface area contributed by atoms with Crippen LogP contribution >= 0.6 is 0 Å². The van der Waals surface area contributed by atoms with Crippen LogP contribution in [0.1, 0.15) is 24.1 Å². The zero-order valence-electron chi connectivity index (χ0n) is 12.2. The fourth-order valence-electron chi connectivity index (χ4n) is 2.58. The van der Waals surface area contributed by atoms with Gasteiger partial charge < -0.3 is 15.0 Å². The van der Waals surface area contributed by atoms with Crippen LogP contribution in [0.4, 0.5) is 8.78 Å². The average molecular weight is 284 g/mol. The molecule has 1 aromatic rings. The van der Waals surface area contributed by atoms with Crippen LogP contribution in [0, 0.1) is 18.6 Å². The minimum absolute atomic E-state index is 0.176. The lowest BCUT2D eigenvalue weighted by Gasteiger charge is -2.36. The van der Waals surface area contributed by atoms with E-state index in [4.69, 9.17) is 4.74 Å². The zero-order chi connectivity index (χ0) is 14.7. The minimum atomic E-state index is -0.771. The van der Waals surface area contributed by atoms with Gasteiger partial charge in [-0.1, -0.05) is 19.1 Å². The molecule has 2 unspecified atom stereocenters. The molecule has 0 spiro atoms. The molecule has 2 rings (SSSR count). The van der Waals surface area contributed by atoms with Gasteiger partial charge in [0.05, 0.1) is 18.8 Å². The molecule has 0 radical (unpaired) electrons. The van der Waals surface area contributed by atoms with E-state index in [1.165, 1.54) is 0 Å². The number of ether oxygens (including phenoxy) is 1. The Kier molecular flexibility index (Phi) is 5.07. The molecule has 0 aromatic heterocycles. The number of benzene rings is 1. The molecule has 1 aliphatic rings. The molecule has 0 bridgehead atoms. The third-order valence-electron chi connectivity index (χ3n) is 3.73. The van der Waals surface area contributed by atoms with Gasteiger partial charge in [-0.25, -0.2) is 8.78 Å². The summed E-state index contributed by atoms with van der Waals surface area (Å²) in [6, 6.07) is 2.93. The van der Waals surface area contributed by atoms with Crippen molar-refractivity contribution >= 4 is 0 Å². The molecule has 1 aliphatic heterocycles. The van der Waals surface area contributed by atoms with Gasteiger partial charge in [0.25, 0.3) is 0 Å². The van der Waals surface area contributed by atoms with E-state index in [1.54, 1.807) is 19.1 Å². The fraction of sp³-hybridized carbons (Fsp3) is 0.600. The normalized spacial score (nSPS) is 21.9. The number of halogens is 2. The van der Waals surface area contributed by atoms with Gasteiger partial charge in [0.15, 0.2) is 11.6 Å². The highest BCUT2D eigenvalue weighted by Crippen LogP contribution is 2.27. The van der Waals surface area contributed by atoms with Gasteiger partial charge in [0.1, 0.15) is 0 Å². The van der Waals surface area contributed by atoms with Crippen LogP contribution in [-0.4, -0.2) is 44.3 Å². The second kappa shape index (κ2) is 6.61. The van der Waals surface area contributed by atoms with Crippen LogP contribution in [0.3, 0.4) is 0 Å². The molecule has 0 saturated carbocycles. The number of morpholine rings is 1. The first-order valence-electron chi connectivity index (χ1n) is 7.02. The lowest BCUT2D eigenvalue weighted by molar-refractivity contribution is -0.0396. The van der Waals surface area contributed by atoms with E-state index in [-0.39, 0.29) is 12.1 Å². The van der Waals surface area contributed by atoms with E-state index >= 15 is 0 Å². The highest BCUT2D eigenvalue weighted by molar-refractivity contribution is 5.29. The largest absolute Gasteiger partial charge is 0.374 e. The minimum Gasteiger partial charge on any atom is -0.374 e. The fourth-order valence-corrected chi connectivity index (χ4v) is 2.58. The van der Waals surface area contributed by atoms with E-state index in [0.29, 0.717) is 30.8 Å². The number of nitrogens with one attached hydrogen (secondary N) is 1. The van der Waals surface area contributed by atoms with Crippen LogP contribution in [0.5, 0.6) is 0 Å². The Morgan fingerprint density at radius 3 is 2.80 bits per heavy atom. The highest BCUT2D eigenvalue weighted by atomic mass is 19.2.